The zero-order chi connectivity index (χ0) is 13.7. The van der Waals surface area contributed by atoms with Crippen molar-refractivity contribution in [2.45, 2.75) is 13.3 Å². The van der Waals surface area contributed by atoms with Crippen LogP contribution >= 0.6 is 11.6 Å². The van der Waals surface area contributed by atoms with E-state index < -0.39 is 0 Å². The summed E-state index contributed by atoms with van der Waals surface area (Å²) < 4.78 is 5.76. The summed E-state index contributed by atoms with van der Waals surface area (Å²) in [7, 11) is 2.83. The molecule has 18 heavy (non-hydrogen) atoms. The molecular weight excluding hydrogens is 258 g/mol. The normalized spacial score (nSPS) is 10.2. The molecule has 0 aliphatic rings. The topological polar surface area (TPSA) is 64.4 Å². The number of carbonyl (C=O) groups excluding carboxylic acids is 1. The zero-order valence-corrected chi connectivity index (χ0v) is 11.4. The van der Waals surface area contributed by atoms with Crippen molar-refractivity contribution < 1.29 is 9.53 Å². The average Bonchev–Trinajstić information content (AvgIpc) is 2.35. The first-order valence-electron chi connectivity index (χ1n) is 5.54. The SMILES string of the molecule is CCCN(CC(=O)OC)c1cnn(C)c(=O)c1Cl. The highest BCUT2D eigenvalue weighted by atomic mass is 35.5. The minimum atomic E-state index is -0.389. The van der Waals surface area contributed by atoms with Crippen LogP contribution in [0.25, 0.3) is 0 Å². The molecule has 1 aromatic heterocycles. The van der Waals surface area contributed by atoms with E-state index >= 15 is 0 Å². The molecule has 100 valence electrons. The van der Waals surface area contributed by atoms with E-state index in [4.69, 9.17) is 11.6 Å². The van der Waals surface area contributed by atoms with Gasteiger partial charge in [0.15, 0.2) is 0 Å². The second-order valence-corrected chi connectivity index (χ2v) is 4.15. The highest BCUT2D eigenvalue weighted by molar-refractivity contribution is 6.33. The van der Waals surface area contributed by atoms with Gasteiger partial charge in [-0.25, -0.2) is 4.68 Å². The van der Waals surface area contributed by atoms with Crippen molar-refractivity contribution in [1.29, 1.82) is 0 Å². The Kier molecular flexibility index (Phi) is 5.15. The maximum Gasteiger partial charge on any atom is 0.325 e. The monoisotopic (exact) mass is 273 g/mol. The second kappa shape index (κ2) is 6.39. The molecule has 0 amide bonds. The van der Waals surface area contributed by atoms with Crippen LogP contribution in [-0.4, -0.2) is 35.9 Å². The van der Waals surface area contributed by atoms with E-state index in [2.05, 4.69) is 9.84 Å². The van der Waals surface area contributed by atoms with Gasteiger partial charge in [-0.05, 0) is 6.42 Å². The number of anilines is 1. The average molecular weight is 274 g/mol. The van der Waals surface area contributed by atoms with Gasteiger partial charge < -0.3 is 9.64 Å². The fourth-order valence-electron chi connectivity index (χ4n) is 1.50. The van der Waals surface area contributed by atoms with Gasteiger partial charge in [-0.3, -0.25) is 9.59 Å². The molecule has 0 radical (unpaired) electrons. The van der Waals surface area contributed by atoms with Crippen LogP contribution in [0, 0.1) is 0 Å². The Hall–Kier alpha value is -1.56. The van der Waals surface area contributed by atoms with Crippen molar-refractivity contribution in [1.82, 2.24) is 9.78 Å². The molecule has 0 aliphatic carbocycles. The fraction of sp³-hybridized carbons (Fsp3) is 0.545. The summed E-state index contributed by atoms with van der Waals surface area (Å²) in [5, 5.41) is 3.96. The smallest absolute Gasteiger partial charge is 0.325 e. The molecule has 7 heteroatoms. The summed E-state index contributed by atoms with van der Waals surface area (Å²) in [5.74, 6) is -0.389. The lowest BCUT2D eigenvalue weighted by atomic mass is 10.3. The molecule has 0 saturated heterocycles. The number of nitrogens with zero attached hydrogens (tertiary/aromatic N) is 3. The third kappa shape index (κ3) is 3.22. The summed E-state index contributed by atoms with van der Waals surface area (Å²) in [4.78, 5) is 24.7. The number of carbonyl (C=O) groups is 1. The summed E-state index contributed by atoms with van der Waals surface area (Å²) in [6, 6.07) is 0. The summed E-state index contributed by atoms with van der Waals surface area (Å²) in [5.41, 5.74) is 0.0622. The number of rotatable bonds is 5. The number of aryl methyl sites for hydroxylation is 1. The lowest BCUT2D eigenvalue weighted by Crippen LogP contribution is -2.33. The Morgan fingerprint density at radius 1 is 1.61 bits per heavy atom. The molecule has 0 bridgehead atoms. The largest absolute Gasteiger partial charge is 0.468 e. The molecule has 0 unspecified atom stereocenters. The van der Waals surface area contributed by atoms with Crippen LogP contribution in [0.15, 0.2) is 11.0 Å². The van der Waals surface area contributed by atoms with E-state index in [1.54, 1.807) is 4.90 Å². The van der Waals surface area contributed by atoms with Crippen molar-refractivity contribution in [2.75, 3.05) is 25.1 Å². The van der Waals surface area contributed by atoms with E-state index in [-0.39, 0.29) is 23.1 Å². The van der Waals surface area contributed by atoms with Crippen LogP contribution in [0.5, 0.6) is 0 Å². The minimum Gasteiger partial charge on any atom is -0.468 e. The Labute approximate surface area is 110 Å². The van der Waals surface area contributed by atoms with Crippen molar-refractivity contribution in [3.05, 3.63) is 21.6 Å². The van der Waals surface area contributed by atoms with Crippen LogP contribution in [-0.2, 0) is 16.6 Å². The highest BCUT2D eigenvalue weighted by Gasteiger charge is 2.17. The molecule has 0 fully saturated rings. The first-order chi connectivity index (χ1) is 8.51. The zero-order valence-electron chi connectivity index (χ0n) is 10.6. The number of aromatic nitrogens is 2. The maximum absolute atomic E-state index is 11.7. The van der Waals surface area contributed by atoms with Gasteiger partial charge in [0.1, 0.15) is 11.6 Å². The molecule has 0 N–H and O–H groups in total. The van der Waals surface area contributed by atoms with Gasteiger partial charge in [-0.1, -0.05) is 18.5 Å². The predicted molar refractivity (Wildman–Crippen MR) is 69.0 cm³/mol. The second-order valence-electron chi connectivity index (χ2n) is 3.77. The number of methoxy groups -OCH3 is 1. The first kappa shape index (κ1) is 14.5. The highest BCUT2D eigenvalue weighted by Crippen LogP contribution is 2.20. The summed E-state index contributed by atoms with van der Waals surface area (Å²) in [6.45, 7) is 2.59. The van der Waals surface area contributed by atoms with Gasteiger partial charge in [-0.15, -0.1) is 0 Å². The van der Waals surface area contributed by atoms with E-state index in [1.807, 2.05) is 6.92 Å². The summed E-state index contributed by atoms with van der Waals surface area (Å²) >= 11 is 5.99. The molecule has 0 atom stereocenters. The van der Waals surface area contributed by atoms with E-state index in [9.17, 15) is 9.59 Å². The molecule has 0 aliphatic heterocycles. The van der Waals surface area contributed by atoms with E-state index in [0.29, 0.717) is 12.2 Å². The molecule has 1 heterocycles. The van der Waals surface area contributed by atoms with E-state index in [1.165, 1.54) is 20.4 Å². The summed E-state index contributed by atoms with van der Waals surface area (Å²) in [6.07, 6.45) is 2.28. The molecule has 6 nitrogen and oxygen atoms in total. The molecule has 0 saturated carbocycles. The maximum atomic E-state index is 11.7. The first-order valence-corrected chi connectivity index (χ1v) is 5.92. The van der Waals surface area contributed by atoms with Crippen LogP contribution in [0.2, 0.25) is 5.02 Å². The van der Waals surface area contributed by atoms with Crippen molar-refractivity contribution in [3.8, 4) is 0 Å². The Bertz CT molecular complexity index is 487. The quantitative estimate of drug-likeness (QED) is 0.744. The van der Waals surface area contributed by atoms with Gasteiger partial charge in [0.05, 0.1) is 19.0 Å². The number of esters is 1. The number of ether oxygens (including phenoxy) is 1. The van der Waals surface area contributed by atoms with Crippen LogP contribution in [0.3, 0.4) is 0 Å². The van der Waals surface area contributed by atoms with Crippen molar-refractivity contribution >= 4 is 23.3 Å². The number of halogens is 1. The lowest BCUT2D eigenvalue weighted by molar-refractivity contribution is -0.138. The van der Waals surface area contributed by atoms with Gasteiger partial charge in [0, 0.05) is 13.6 Å². The lowest BCUT2D eigenvalue weighted by Gasteiger charge is -2.23. The molecule has 1 rings (SSSR count). The van der Waals surface area contributed by atoms with Crippen molar-refractivity contribution in [2.24, 2.45) is 7.05 Å². The van der Waals surface area contributed by atoms with Gasteiger partial charge >= 0.3 is 5.97 Å². The number of hydrogen-bond acceptors (Lipinski definition) is 5. The number of hydrogen-bond donors (Lipinski definition) is 0. The van der Waals surface area contributed by atoms with Crippen LogP contribution in [0.4, 0.5) is 5.69 Å². The molecule has 0 aromatic carbocycles. The molecular formula is C11H16ClN3O3. The Morgan fingerprint density at radius 3 is 2.83 bits per heavy atom. The third-order valence-corrected chi connectivity index (χ3v) is 2.80. The van der Waals surface area contributed by atoms with Crippen LogP contribution < -0.4 is 10.5 Å². The minimum absolute atomic E-state index is 0.0406. The predicted octanol–water partition coefficient (Wildman–Crippen LogP) is 0.823. The fourth-order valence-corrected chi connectivity index (χ4v) is 1.79. The molecule has 0 spiro atoms. The van der Waals surface area contributed by atoms with Crippen LogP contribution in [0.1, 0.15) is 13.3 Å². The van der Waals surface area contributed by atoms with Gasteiger partial charge in [0.25, 0.3) is 5.56 Å². The van der Waals surface area contributed by atoms with Gasteiger partial charge in [-0.2, -0.15) is 5.10 Å². The Morgan fingerprint density at radius 2 is 2.28 bits per heavy atom. The Balaban J connectivity index is 3.09. The third-order valence-electron chi connectivity index (χ3n) is 2.44. The van der Waals surface area contributed by atoms with E-state index in [0.717, 1.165) is 11.1 Å². The van der Waals surface area contributed by atoms with Crippen molar-refractivity contribution in [3.63, 3.8) is 0 Å². The standard InChI is InChI=1S/C11H16ClN3O3/c1-4-5-15(7-9(16)18-3)8-6-13-14(2)11(17)10(8)12/h6H,4-5,7H2,1-3H3. The van der Waals surface area contributed by atoms with Gasteiger partial charge in [0.2, 0.25) is 0 Å². The molecule has 1 aromatic rings.